The summed E-state index contributed by atoms with van der Waals surface area (Å²) in [5, 5.41) is 2.74. The average molecular weight is 401 g/mol. The molecule has 0 fully saturated rings. The number of anilines is 1. The minimum absolute atomic E-state index is 0.0600. The summed E-state index contributed by atoms with van der Waals surface area (Å²) in [5.41, 5.74) is 2.42. The molecule has 1 aliphatic heterocycles. The van der Waals surface area contributed by atoms with Gasteiger partial charge in [0.25, 0.3) is 0 Å². The van der Waals surface area contributed by atoms with E-state index >= 15 is 0 Å². The normalized spacial score (nSPS) is 17.3. The van der Waals surface area contributed by atoms with Crippen molar-refractivity contribution in [3.8, 4) is 5.75 Å². The van der Waals surface area contributed by atoms with E-state index in [0.717, 1.165) is 17.7 Å². The smallest absolute Gasteiger partial charge is 0.416 e. The fourth-order valence-corrected chi connectivity index (χ4v) is 3.66. The molecule has 2 aromatic carbocycles. The molecule has 0 atom stereocenters. The van der Waals surface area contributed by atoms with Gasteiger partial charge in [-0.2, -0.15) is 13.2 Å². The highest BCUT2D eigenvalue weighted by Crippen LogP contribution is 2.38. The third-order valence-electron chi connectivity index (χ3n) is 5.11. The van der Waals surface area contributed by atoms with Crippen LogP contribution < -0.4 is 10.1 Å². The quantitative estimate of drug-likeness (QED) is 0.719. The second-order valence-electron chi connectivity index (χ2n) is 7.11. The number of alkyl halides is 3. The van der Waals surface area contributed by atoms with Crippen LogP contribution in [-0.4, -0.2) is 18.3 Å². The number of amides is 1. The molecule has 1 aliphatic carbocycles. The number of hydrogen-bond donors (Lipinski definition) is 1. The molecule has 29 heavy (non-hydrogen) atoms. The van der Waals surface area contributed by atoms with E-state index in [0.29, 0.717) is 48.1 Å². The SMILES string of the molecule is O=C(/C=C1\CCCOc2cc(C(F)(F)F)ccc21)Nc1ccc2c(c1)C(=O)CC2. The van der Waals surface area contributed by atoms with Crippen molar-refractivity contribution < 1.29 is 27.5 Å². The van der Waals surface area contributed by atoms with Gasteiger partial charge < -0.3 is 10.1 Å². The molecule has 7 heteroatoms. The van der Waals surface area contributed by atoms with Gasteiger partial charge in [0.05, 0.1) is 12.2 Å². The van der Waals surface area contributed by atoms with Crippen LogP contribution in [0.25, 0.3) is 5.57 Å². The van der Waals surface area contributed by atoms with Crippen LogP contribution in [0.5, 0.6) is 5.75 Å². The minimum Gasteiger partial charge on any atom is -0.493 e. The average Bonchev–Trinajstić information content (AvgIpc) is 2.91. The second-order valence-corrected chi connectivity index (χ2v) is 7.11. The number of Topliss-reactive ketones (excluding diaryl/α,β-unsaturated/α-hetero) is 1. The second kappa shape index (κ2) is 7.39. The zero-order valence-electron chi connectivity index (χ0n) is 15.4. The number of ether oxygens (including phenoxy) is 1. The van der Waals surface area contributed by atoms with Crippen molar-refractivity contribution in [1.82, 2.24) is 0 Å². The fraction of sp³-hybridized carbons (Fsp3) is 0.273. The fourth-order valence-electron chi connectivity index (χ4n) is 3.66. The van der Waals surface area contributed by atoms with Gasteiger partial charge in [0.15, 0.2) is 5.78 Å². The van der Waals surface area contributed by atoms with E-state index in [1.807, 2.05) is 6.07 Å². The van der Waals surface area contributed by atoms with Crippen molar-refractivity contribution in [1.29, 1.82) is 0 Å². The first-order valence-electron chi connectivity index (χ1n) is 9.33. The predicted octanol–water partition coefficient (Wildman–Crippen LogP) is 5.03. The molecule has 0 aromatic heterocycles. The molecular weight excluding hydrogens is 383 g/mol. The van der Waals surface area contributed by atoms with Crippen molar-refractivity contribution in [2.45, 2.75) is 31.9 Å². The molecule has 0 saturated carbocycles. The van der Waals surface area contributed by atoms with Crippen molar-refractivity contribution in [2.24, 2.45) is 0 Å². The molecule has 1 heterocycles. The number of halogens is 3. The highest BCUT2D eigenvalue weighted by atomic mass is 19.4. The third-order valence-corrected chi connectivity index (χ3v) is 5.11. The maximum atomic E-state index is 13.0. The molecule has 0 spiro atoms. The van der Waals surface area contributed by atoms with Crippen LogP contribution in [0.2, 0.25) is 0 Å². The van der Waals surface area contributed by atoms with E-state index in [4.69, 9.17) is 4.74 Å². The van der Waals surface area contributed by atoms with Gasteiger partial charge in [-0.25, -0.2) is 0 Å². The predicted molar refractivity (Wildman–Crippen MR) is 102 cm³/mol. The highest BCUT2D eigenvalue weighted by molar-refractivity contribution is 6.06. The first kappa shape index (κ1) is 19.2. The van der Waals surface area contributed by atoms with E-state index in [9.17, 15) is 22.8 Å². The van der Waals surface area contributed by atoms with Gasteiger partial charge in [-0.3, -0.25) is 9.59 Å². The molecule has 0 unspecified atom stereocenters. The van der Waals surface area contributed by atoms with Crippen molar-refractivity contribution in [3.05, 3.63) is 64.7 Å². The van der Waals surface area contributed by atoms with Crippen molar-refractivity contribution in [3.63, 3.8) is 0 Å². The highest BCUT2D eigenvalue weighted by Gasteiger charge is 2.32. The maximum absolute atomic E-state index is 13.0. The first-order valence-corrected chi connectivity index (χ1v) is 9.33. The number of carbonyl (C=O) groups is 2. The van der Waals surface area contributed by atoms with E-state index in [2.05, 4.69) is 5.32 Å². The topological polar surface area (TPSA) is 55.4 Å². The first-order chi connectivity index (χ1) is 13.8. The number of fused-ring (bicyclic) bond motifs is 2. The molecular formula is C22H18F3NO3. The summed E-state index contributed by atoms with van der Waals surface area (Å²) in [6.07, 6.45) is -0.791. The van der Waals surface area contributed by atoms with Crippen LogP contribution in [0.3, 0.4) is 0 Å². The number of benzene rings is 2. The Balaban J connectivity index is 1.59. The summed E-state index contributed by atoms with van der Waals surface area (Å²) >= 11 is 0. The Morgan fingerprint density at radius 1 is 1.03 bits per heavy atom. The van der Waals surface area contributed by atoms with Gasteiger partial charge >= 0.3 is 6.18 Å². The van der Waals surface area contributed by atoms with E-state index in [-0.39, 0.29) is 18.1 Å². The number of nitrogens with one attached hydrogen (secondary N) is 1. The van der Waals surface area contributed by atoms with Crippen LogP contribution in [0.15, 0.2) is 42.5 Å². The van der Waals surface area contributed by atoms with Gasteiger partial charge in [-0.05, 0) is 54.7 Å². The Hall–Kier alpha value is -3.09. The van der Waals surface area contributed by atoms with Crippen molar-refractivity contribution >= 4 is 23.0 Å². The Labute approximate surface area is 165 Å². The van der Waals surface area contributed by atoms with Crippen LogP contribution in [0, 0.1) is 0 Å². The van der Waals surface area contributed by atoms with Gasteiger partial charge in [0.1, 0.15) is 5.75 Å². The molecule has 2 aliphatic rings. The monoisotopic (exact) mass is 401 g/mol. The van der Waals surface area contributed by atoms with E-state index in [1.54, 1.807) is 12.1 Å². The lowest BCUT2D eigenvalue weighted by molar-refractivity contribution is -0.137. The molecule has 0 saturated heterocycles. The maximum Gasteiger partial charge on any atom is 0.416 e. The Bertz CT molecular complexity index is 1020. The van der Waals surface area contributed by atoms with Crippen molar-refractivity contribution in [2.75, 3.05) is 11.9 Å². The zero-order valence-corrected chi connectivity index (χ0v) is 15.4. The minimum atomic E-state index is -4.46. The van der Waals surface area contributed by atoms with Crippen LogP contribution in [0.4, 0.5) is 18.9 Å². The number of allylic oxidation sites excluding steroid dienone is 1. The summed E-state index contributed by atoms with van der Waals surface area (Å²) in [5.74, 6) is -0.220. The van der Waals surface area contributed by atoms with Crippen LogP contribution in [-0.2, 0) is 17.4 Å². The lowest BCUT2D eigenvalue weighted by Crippen LogP contribution is -2.10. The zero-order chi connectivity index (χ0) is 20.6. The summed E-state index contributed by atoms with van der Waals surface area (Å²) in [6.45, 7) is 0.278. The summed E-state index contributed by atoms with van der Waals surface area (Å²) in [7, 11) is 0. The Morgan fingerprint density at radius 3 is 2.66 bits per heavy atom. The molecule has 1 N–H and O–H groups in total. The Morgan fingerprint density at radius 2 is 1.86 bits per heavy atom. The van der Waals surface area contributed by atoms with E-state index in [1.165, 1.54) is 12.1 Å². The summed E-state index contributed by atoms with van der Waals surface area (Å²) in [6, 6.07) is 8.55. The summed E-state index contributed by atoms with van der Waals surface area (Å²) in [4.78, 5) is 24.4. The molecule has 2 aromatic rings. The summed E-state index contributed by atoms with van der Waals surface area (Å²) < 4.78 is 44.4. The number of carbonyl (C=O) groups excluding carboxylic acids is 2. The van der Waals surface area contributed by atoms with Gasteiger partial charge in [0.2, 0.25) is 5.91 Å². The molecule has 4 rings (SSSR count). The number of rotatable bonds is 2. The lowest BCUT2D eigenvalue weighted by Gasteiger charge is -2.13. The number of hydrogen-bond acceptors (Lipinski definition) is 3. The molecule has 4 nitrogen and oxygen atoms in total. The van der Waals surface area contributed by atoms with Crippen LogP contribution >= 0.6 is 0 Å². The number of aryl methyl sites for hydroxylation is 1. The van der Waals surface area contributed by atoms with Gasteiger partial charge in [-0.1, -0.05) is 12.1 Å². The van der Waals surface area contributed by atoms with Crippen LogP contribution in [0.1, 0.15) is 46.3 Å². The molecule has 0 bridgehead atoms. The molecule has 1 amide bonds. The molecule has 0 radical (unpaired) electrons. The largest absolute Gasteiger partial charge is 0.493 e. The van der Waals surface area contributed by atoms with Gasteiger partial charge in [0, 0.05) is 29.3 Å². The van der Waals surface area contributed by atoms with Gasteiger partial charge in [-0.15, -0.1) is 0 Å². The standard InChI is InChI=1S/C22H18F3NO3/c23-22(24,25)15-5-7-17-14(2-1-9-29-20(17)11-15)10-21(28)26-16-6-3-13-4-8-19(27)18(13)12-16/h3,5-7,10-12H,1-2,4,8-9H2,(H,26,28)/b14-10+. The Kier molecular flexibility index (Phi) is 4.90. The van der Waals surface area contributed by atoms with E-state index < -0.39 is 17.6 Å². The lowest BCUT2D eigenvalue weighted by atomic mass is 9.99. The number of ketones is 1. The third kappa shape index (κ3) is 4.04. The molecule has 150 valence electrons.